The number of benzene rings is 1. The van der Waals surface area contributed by atoms with Gasteiger partial charge in [-0.25, -0.2) is 4.98 Å². The number of thiazole rings is 1. The molecule has 0 spiro atoms. The molecular formula is C9H9NNaO3S3. The molecule has 0 aliphatic heterocycles. The SMILES string of the molecule is O=S(=O)(O)CCSc1nc2ccccc2s1.[Na]. The maximum atomic E-state index is 10.5. The fraction of sp³-hybridized carbons (Fsp3) is 0.222. The van der Waals surface area contributed by atoms with Crippen molar-refractivity contribution in [3.8, 4) is 0 Å². The van der Waals surface area contributed by atoms with Crippen molar-refractivity contribution in [2.24, 2.45) is 0 Å². The van der Waals surface area contributed by atoms with Crippen molar-refractivity contribution in [1.82, 2.24) is 4.98 Å². The third kappa shape index (κ3) is 4.86. The first-order valence-corrected chi connectivity index (χ1v) is 7.89. The smallest absolute Gasteiger partial charge is 0.265 e. The van der Waals surface area contributed by atoms with Crippen molar-refractivity contribution in [3.05, 3.63) is 24.3 Å². The van der Waals surface area contributed by atoms with Gasteiger partial charge in [0.05, 0.1) is 16.0 Å². The van der Waals surface area contributed by atoms with E-state index in [1.165, 1.54) is 23.1 Å². The van der Waals surface area contributed by atoms with Gasteiger partial charge in [-0.2, -0.15) is 8.42 Å². The number of hydrogen-bond acceptors (Lipinski definition) is 5. The molecule has 1 heterocycles. The molecule has 87 valence electrons. The summed E-state index contributed by atoms with van der Waals surface area (Å²) < 4.78 is 31.5. The Morgan fingerprint density at radius 1 is 1.35 bits per heavy atom. The van der Waals surface area contributed by atoms with Crippen LogP contribution in [0.15, 0.2) is 28.6 Å². The minimum absolute atomic E-state index is 0. The van der Waals surface area contributed by atoms with Crippen LogP contribution in [0.1, 0.15) is 0 Å². The number of nitrogens with zero attached hydrogens (tertiary/aromatic N) is 1. The average molecular weight is 298 g/mol. The molecule has 17 heavy (non-hydrogen) atoms. The van der Waals surface area contributed by atoms with E-state index in [0.29, 0.717) is 5.75 Å². The van der Waals surface area contributed by atoms with Crippen molar-refractivity contribution < 1.29 is 13.0 Å². The summed E-state index contributed by atoms with van der Waals surface area (Å²) in [6.45, 7) is 0. The summed E-state index contributed by atoms with van der Waals surface area (Å²) in [5, 5.41) is 0. The van der Waals surface area contributed by atoms with Crippen LogP contribution in [0.2, 0.25) is 0 Å². The van der Waals surface area contributed by atoms with Gasteiger partial charge >= 0.3 is 0 Å². The van der Waals surface area contributed by atoms with Crippen LogP contribution in [0.3, 0.4) is 0 Å². The molecule has 1 aromatic carbocycles. The monoisotopic (exact) mass is 298 g/mol. The Bertz CT molecular complexity index is 563. The third-order valence-electron chi connectivity index (χ3n) is 1.84. The van der Waals surface area contributed by atoms with E-state index < -0.39 is 10.1 Å². The predicted octanol–water partition coefficient (Wildman–Crippen LogP) is 1.90. The Balaban J connectivity index is 0.00000144. The van der Waals surface area contributed by atoms with Gasteiger partial charge in [0.15, 0.2) is 4.34 Å². The summed E-state index contributed by atoms with van der Waals surface area (Å²) in [5.41, 5.74) is 0.918. The molecule has 0 saturated heterocycles. The number of aromatic nitrogens is 1. The van der Waals surface area contributed by atoms with Crippen LogP contribution in [-0.2, 0) is 10.1 Å². The molecule has 2 rings (SSSR count). The predicted molar refractivity (Wildman–Crippen MR) is 72.5 cm³/mol. The number of hydrogen-bond donors (Lipinski definition) is 1. The molecule has 0 fully saturated rings. The van der Waals surface area contributed by atoms with Gasteiger partial charge in [0.25, 0.3) is 10.1 Å². The number of para-hydroxylation sites is 1. The molecule has 0 bridgehead atoms. The standard InChI is InChI=1S/C9H9NO3S3.Na/c11-16(12,13)6-5-14-9-10-7-3-1-2-4-8(7)15-9;/h1-4H,5-6H2,(H,11,12,13);. The van der Waals surface area contributed by atoms with E-state index in [1.54, 1.807) is 0 Å². The second-order valence-corrected chi connectivity index (χ2v) is 7.03. The summed E-state index contributed by atoms with van der Waals surface area (Å²) in [7, 11) is -3.87. The van der Waals surface area contributed by atoms with Crippen LogP contribution in [-0.4, -0.2) is 59.0 Å². The van der Waals surface area contributed by atoms with Gasteiger partial charge in [0.2, 0.25) is 0 Å². The molecule has 0 amide bonds. The molecule has 8 heteroatoms. The largest absolute Gasteiger partial charge is 0.286 e. The quantitative estimate of drug-likeness (QED) is 0.530. The van der Waals surface area contributed by atoms with Gasteiger partial charge in [0, 0.05) is 35.3 Å². The van der Waals surface area contributed by atoms with E-state index in [9.17, 15) is 8.42 Å². The van der Waals surface area contributed by atoms with Crippen molar-refractivity contribution >= 4 is 73.0 Å². The zero-order chi connectivity index (χ0) is 11.6. The second-order valence-electron chi connectivity index (χ2n) is 3.08. The number of rotatable bonds is 4. The van der Waals surface area contributed by atoms with Crippen molar-refractivity contribution in [1.29, 1.82) is 0 Å². The Hall–Kier alpha value is 0.370. The van der Waals surface area contributed by atoms with E-state index in [-0.39, 0.29) is 35.3 Å². The summed E-state index contributed by atoms with van der Waals surface area (Å²) in [4.78, 5) is 4.34. The molecule has 2 aromatic rings. The maximum absolute atomic E-state index is 10.5. The van der Waals surface area contributed by atoms with Crippen molar-refractivity contribution in [3.63, 3.8) is 0 Å². The van der Waals surface area contributed by atoms with Gasteiger partial charge in [-0.15, -0.1) is 11.3 Å². The van der Waals surface area contributed by atoms with E-state index in [0.717, 1.165) is 14.6 Å². The Kier molecular flexibility index (Phi) is 5.91. The molecular weight excluding hydrogens is 289 g/mol. The van der Waals surface area contributed by atoms with Gasteiger partial charge in [0.1, 0.15) is 0 Å². The first kappa shape index (κ1) is 15.4. The number of thioether (sulfide) groups is 1. The second kappa shape index (κ2) is 6.51. The fourth-order valence-corrected chi connectivity index (χ4v) is 4.11. The summed E-state index contributed by atoms with van der Waals surface area (Å²) in [6, 6.07) is 7.74. The van der Waals surface area contributed by atoms with Gasteiger partial charge in [-0.1, -0.05) is 23.9 Å². The molecule has 0 aliphatic carbocycles. The minimum Gasteiger partial charge on any atom is -0.286 e. The zero-order valence-electron chi connectivity index (χ0n) is 9.16. The van der Waals surface area contributed by atoms with E-state index in [2.05, 4.69) is 4.98 Å². The molecule has 0 aliphatic rings. The average Bonchev–Trinajstić information content (AvgIpc) is 2.57. The van der Waals surface area contributed by atoms with Gasteiger partial charge in [-0.3, -0.25) is 4.55 Å². The van der Waals surface area contributed by atoms with Crippen LogP contribution in [0.5, 0.6) is 0 Å². The van der Waals surface area contributed by atoms with Crippen LogP contribution in [0.25, 0.3) is 10.2 Å². The Morgan fingerprint density at radius 2 is 2.06 bits per heavy atom. The molecule has 0 unspecified atom stereocenters. The Morgan fingerprint density at radius 3 is 2.71 bits per heavy atom. The van der Waals surface area contributed by atoms with Crippen molar-refractivity contribution in [2.75, 3.05) is 11.5 Å². The molecule has 1 aromatic heterocycles. The fourth-order valence-electron chi connectivity index (χ4n) is 1.15. The molecule has 0 saturated carbocycles. The van der Waals surface area contributed by atoms with Gasteiger partial charge < -0.3 is 0 Å². The minimum atomic E-state index is -3.87. The Labute approximate surface area is 130 Å². The summed E-state index contributed by atoms with van der Waals surface area (Å²) in [6.07, 6.45) is 0. The van der Waals surface area contributed by atoms with Crippen LogP contribution in [0, 0.1) is 0 Å². The molecule has 0 atom stereocenters. The van der Waals surface area contributed by atoms with Crippen LogP contribution < -0.4 is 0 Å². The molecule has 1 N–H and O–H groups in total. The maximum Gasteiger partial charge on any atom is 0.265 e. The molecule has 4 nitrogen and oxygen atoms in total. The molecule has 1 radical (unpaired) electrons. The zero-order valence-corrected chi connectivity index (χ0v) is 13.6. The number of fused-ring (bicyclic) bond motifs is 1. The summed E-state index contributed by atoms with van der Waals surface area (Å²) >= 11 is 2.86. The first-order chi connectivity index (χ1) is 7.54. The topological polar surface area (TPSA) is 67.3 Å². The van der Waals surface area contributed by atoms with Crippen LogP contribution >= 0.6 is 23.1 Å². The van der Waals surface area contributed by atoms with Gasteiger partial charge in [-0.05, 0) is 12.1 Å². The van der Waals surface area contributed by atoms with E-state index in [1.807, 2.05) is 24.3 Å². The summed E-state index contributed by atoms with van der Waals surface area (Å²) in [5.74, 6) is 0.0756. The van der Waals surface area contributed by atoms with Crippen molar-refractivity contribution in [2.45, 2.75) is 4.34 Å². The normalized spacial score (nSPS) is 11.4. The van der Waals surface area contributed by atoms with E-state index >= 15 is 0 Å². The van der Waals surface area contributed by atoms with Crippen LogP contribution in [0.4, 0.5) is 0 Å². The first-order valence-electron chi connectivity index (χ1n) is 4.48. The van der Waals surface area contributed by atoms with E-state index in [4.69, 9.17) is 4.55 Å². The third-order valence-corrected chi connectivity index (χ3v) is 5.00.